The lowest BCUT2D eigenvalue weighted by atomic mass is 10.2. The Morgan fingerprint density at radius 2 is 1.93 bits per heavy atom. The SMILES string of the molecule is CC(C)CN=C(N)N1CC(C)SC(C)C1. The Bertz CT molecular complexity index is 218. The molecule has 0 amide bonds. The van der Waals surface area contributed by atoms with E-state index in [4.69, 9.17) is 5.73 Å². The Labute approximate surface area is 97.5 Å². The Kier molecular flexibility index (Phi) is 4.77. The van der Waals surface area contributed by atoms with Crippen LogP contribution in [0.3, 0.4) is 0 Å². The van der Waals surface area contributed by atoms with Crippen molar-refractivity contribution in [1.82, 2.24) is 4.90 Å². The van der Waals surface area contributed by atoms with E-state index in [0.717, 1.165) is 25.6 Å². The number of thioether (sulfide) groups is 1. The van der Waals surface area contributed by atoms with Gasteiger partial charge in [-0.1, -0.05) is 27.7 Å². The van der Waals surface area contributed by atoms with Crippen molar-refractivity contribution < 1.29 is 0 Å². The highest BCUT2D eigenvalue weighted by Crippen LogP contribution is 2.24. The Morgan fingerprint density at radius 3 is 2.40 bits per heavy atom. The van der Waals surface area contributed by atoms with Crippen LogP contribution in [0.5, 0.6) is 0 Å². The van der Waals surface area contributed by atoms with Gasteiger partial charge in [0.15, 0.2) is 5.96 Å². The molecule has 0 aromatic heterocycles. The number of guanidine groups is 1. The van der Waals surface area contributed by atoms with E-state index in [1.165, 1.54) is 0 Å². The molecule has 0 aromatic rings. The van der Waals surface area contributed by atoms with Crippen molar-refractivity contribution in [3.63, 3.8) is 0 Å². The molecule has 3 nitrogen and oxygen atoms in total. The van der Waals surface area contributed by atoms with E-state index in [9.17, 15) is 0 Å². The van der Waals surface area contributed by atoms with E-state index in [1.54, 1.807) is 0 Å². The van der Waals surface area contributed by atoms with Crippen molar-refractivity contribution in [1.29, 1.82) is 0 Å². The molecule has 0 spiro atoms. The zero-order chi connectivity index (χ0) is 11.4. The molecule has 2 atom stereocenters. The molecule has 2 N–H and O–H groups in total. The molecule has 0 radical (unpaired) electrons. The third kappa shape index (κ3) is 4.33. The van der Waals surface area contributed by atoms with Gasteiger partial charge in [0.1, 0.15) is 0 Å². The average Bonchev–Trinajstić information content (AvgIpc) is 2.12. The Balaban J connectivity index is 2.51. The molecule has 15 heavy (non-hydrogen) atoms. The summed E-state index contributed by atoms with van der Waals surface area (Å²) in [6, 6.07) is 0. The van der Waals surface area contributed by atoms with Gasteiger partial charge in [-0.2, -0.15) is 11.8 Å². The molecule has 2 unspecified atom stereocenters. The first-order valence-corrected chi connectivity index (χ1v) is 6.63. The minimum absolute atomic E-state index is 0.581. The van der Waals surface area contributed by atoms with Crippen LogP contribution < -0.4 is 5.73 Å². The summed E-state index contributed by atoms with van der Waals surface area (Å²) >= 11 is 2.03. The molecular formula is C11H23N3S. The molecule has 0 aliphatic carbocycles. The Hall–Kier alpha value is -0.380. The fourth-order valence-corrected chi connectivity index (χ4v) is 3.07. The summed E-state index contributed by atoms with van der Waals surface area (Å²) in [4.78, 5) is 6.64. The minimum Gasteiger partial charge on any atom is -0.370 e. The van der Waals surface area contributed by atoms with Crippen LogP contribution in [0.25, 0.3) is 0 Å². The summed E-state index contributed by atoms with van der Waals surface area (Å²) in [5.74, 6) is 1.31. The number of hydrogen-bond donors (Lipinski definition) is 1. The number of nitrogens with zero attached hydrogens (tertiary/aromatic N) is 2. The van der Waals surface area contributed by atoms with Crippen molar-refractivity contribution >= 4 is 17.7 Å². The van der Waals surface area contributed by atoms with Gasteiger partial charge >= 0.3 is 0 Å². The molecule has 1 aliphatic rings. The molecule has 1 rings (SSSR count). The van der Waals surface area contributed by atoms with E-state index in [0.29, 0.717) is 16.4 Å². The average molecular weight is 229 g/mol. The third-order valence-corrected chi connectivity index (χ3v) is 3.59. The quantitative estimate of drug-likeness (QED) is 0.580. The molecule has 1 aliphatic heterocycles. The van der Waals surface area contributed by atoms with Crippen molar-refractivity contribution in [2.45, 2.75) is 38.2 Å². The van der Waals surface area contributed by atoms with E-state index in [2.05, 4.69) is 37.6 Å². The van der Waals surface area contributed by atoms with Gasteiger partial charge in [-0.15, -0.1) is 0 Å². The van der Waals surface area contributed by atoms with Gasteiger partial charge in [-0.05, 0) is 5.92 Å². The van der Waals surface area contributed by atoms with Crippen LogP contribution in [0.4, 0.5) is 0 Å². The van der Waals surface area contributed by atoms with Gasteiger partial charge in [0, 0.05) is 30.1 Å². The third-order valence-electron chi connectivity index (χ3n) is 2.36. The van der Waals surface area contributed by atoms with Crippen LogP contribution in [-0.4, -0.2) is 41.0 Å². The topological polar surface area (TPSA) is 41.6 Å². The van der Waals surface area contributed by atoms with Crippen LogP contribution in [-0.2, 0) is 0 Å². The molecule has 4 heteroatoms. The van der Waals surface area contributed by atoms with Gasteiger partial charge in [0.2, 0.25) is 0 Å². The maximum atomic E-state index is 5.99. The van der Waals surface area contributed by atoms with Crippen molar-refractivity contribution in [2.75, 3.05) is 19.6 Å². The molecule has 0 aromatic carbocycles. The largest absolute Gasteiger partial charge is 0.370 e. The zero-order valence-electron chi connectivity index (χ0n) is 10.2. The van der Waals surface area contributed by atoms with Crippen LogP contribution in [0.2, 0.25) is 0 Å². The van der Waals surface area contributed by atoms with E-state index in [1.807, 2.05) is 11.8 Å². The minimum atomic E-state index is 0.581. The normalized spacial score (nSPS) is 28.6. The number of rotatable bonds is 2. The predicted octanol–water partition coefficient (Wildman–Crippen LogP) is 1.78. The monoisotopic (exact) mass is 229 g/mol. The maximum Gasteiger partial charge on any atom is 0.191 e. The molecule has 1 saturated heterocycles. The van der Waals surface area contributed by atoms with Crippen molar-refractivity contribution in [2.24, 2.45) is 16.6 Å². The summed E-state index contributed by atoms with van der Waals surface area (Å²) in [6.07, 6.45) is 0. The lowest BCUT2D eigenvalue weighted by molar-refractivity contribution is 0.403. The van der Waals surface area contributed by atoms with E-state index < -0.39 is 0 Å². The fourth-order valence-electron chi connectivity index (χ4n) is 1.74. The van der Waals surface area contributed by atoms with Crippen LogP contribution in [0.15, 0.2) is 4.99 Å². The first-order chi connectivity index (χ1) is 6.99. The van der Waals surface area contributed by atoms with Gasteiger partial charge in [-0.25, -0.2) is 0 Å². The van der Waals surface area contributed by atoms with Gasteiger partial charge in [0.05, 0.1) is 0 Å². The summed E-state index contributed by atoms with van der Waals surface area (Å²) in [5, 5.41) is 1.31. The molecule has 0 bridgehead atoms. The fraction of sp³-hybridized carbons (Fsp3) is 0.909. The number of aliphatic imine (C=N–C) groups is 1. The second-order valence-electron chi connectivity index (χ2n) is 4.76. The molecular weight excluding hydrogens is 206 g/mol. The second-order valence-corrected chi connectivity index (χ2v) is 6.64. The lowest BCUT2D eigenvalue weighted by Crippen LogP contribution is -2.47. The van der Waals surface area contributed by atoms with E-state index >= 15 is 0 Å². The van der Waals surface area contributed by atoms with Crippen molar-refractivity contribution in [3.05, 3.63) is 0 Å². The summed E-state index contributed by atoms with van der Waals surface area (Å²) in [5.41, 5.74) is 5.99. The van der Waals surface area contributed by atoms with Crippen molar-refractivity contribution in [3.8, 4) is 0 Å². The zero-order valence-corrected chi connectivity index (χ0v) is 11.0. The smallest absolute Gasteiger partial charge is 0.191 e. The van der Waals surface area contributed by atoms with E-state index in [-0.39, 0.29) is 0 Å². The highest BCUT2D eigenvalue weighted by molar-refractivity contribution is 8.00. The van der Waals surface area contributed by atoms with Gasteiger partial charge in [0.25, 0.3) is 0 Å². The Morgan fingerprint density at radius 1 is 1.40 bits per heavy atom. The van der Waals surface area contributed by atoms with Crippen LogP contribution in [0.1, 0.15) is 27.7 Å². The summed E-state index contributed by atoms with van der Waals surface area (Å²) < 4.78 is 0. The summed E-state index contributed by atoms with van der Waals surface area (Å²) in [7, 11) is 0. The van der Waals surface area contributed by atoms with Gasteiger partial charge < -0.3 is 10.6 Å². The number of nitrogens with two attached hydrogens (primary N) is 1. The standard InChI is InChI=1S/C11H23N3S/c1-8(2)5-13-11(12)14-6-9(3)15-10(4)7-14/h8-10H,5-7H2,1-4H3,(H2,12,13). The molecule has 1 fully saturated rings. The number of hydrogen-bond acceptors (Lipinski definition) is 2. The van der Waals surface area contributed by atoms with Gasteiger partial charge in [-0.3, -0.25) is 4.99 Å². The highest BCUT2D eigenvalue weighted by Gasteiger charge is 2.23. The first kappa shape index (κ1) is 12.7. The molecule has 0 saturated carbocycles. The molecule has 1 heterocycles. The summed E-state index contributed by atoms with van der Waals surface area (Å²) in [6.45, 7) is 11.7. The maximum absolute atomic E-state index is 5.99. The molecule has 88 valence electrons. The van der Waals surface area contributed by atoms with Crippen LogP contribution >= 0.6 is 11.8 Å². The second kappa shape index (κ2) is 5.64. The van der Waals surface area contributed by atoms with Crippen LogP contribution in [0, 0.1) is 5.92 Å². The lowest BCUT2D eigenvalue weighted by Gasteiger charge is -2.35. The highest BCUT2D eigenvalue weighted by atomic mass is 32.2. The first-order valence-electron chi connectivity index (χ1n) is 5.69. The predicted molar refractivity (Wildman–Crippen MR) is 69.4 cm³/mol.